The van der Waals surface area contributed by atoms with Gasteiger partial charge in [0, 0.05) is 13.1 Å². The van der Waals surface area contributed by atoms with E-state index in [0.717, 1.165) is 19.5 Å². The summed E-state index contributed by atoms with van der Waals surface area (Å²) in [5.41, 5.74) is 10.2. The molecular formula is C4H12N4O2. The van der Waals surface area contributed by atoms with E-state index in [1.807, 2.05) is 0 Å². The van der Waals surface area contributed by atoms with E-state index in [2.05, 4.69) is 10.9 Å². The number of carbonyl (C=O) groups is 1. The van der Waals surface area contributed by atoms with E-state index in [-0.39, 0.29) is 5.48 Å². The summed E-state index contributed by atoms with van der Waals surface area (Å²) in [6.45, 7) is 1.73. The largest absolute Gasteiger partial charge is 0.412 e. The van der Waals surface area contributed by atoms with E-state index in [0.29, 0.717) is 0 Å². The predicted octanol–water partition coefficient (Wildman–Crippen LogP) is -2.04. The molecule has 2 amide bonds. The molecule has 0 bridgehead atoms. The Morgan fingerprint density at radius 3 is 2.80 bits per heavy atom. The molecule has 0 unspecified atom stereocenters. The van der Waals surface area contributed by atoms with Gasteiger partial charge in [0.15, 0.2) is 0 Å². The van der Waals surface area contributed by atoms with Crippen LogP contribution in [0.25, 0.3) is 0 Å². The standard InChI is InChI=1S/C4H10N4O.H2O/c5-4(9)7-8-3-1-2-6-8;/h6H,1-3H2,(H3,5,7,9);1H2. The quantitative estimate of drug-likeness (QED) is 0.399. The molecular weight excluding hydrogens is 136 g/mol. The molecule has 0 atom stereocenters. The summed E-state index contributed by atoms with van der Waals surface area (Å²) in [4.78, 5) is 10.2. The van der Waals surface area contributed by atoms with Gasteiger partial charge in [0.1, 0.15) is 0 Å². The molecule has 0 aromatic rings. The fraction of sp³-hybridized carbons (Fsp3) is 0.750. The first kappa shape index (κ1) is 9.15. The highest BCUT2D eigenvalue weighted by atomic mass is 16.2. The number of carbonyl (C=O) groups excluding carboxylic acids is 1. The van der Waals surface area contributed by atoms with Gasteiger partial charge in [-0.3, -0.25) is 5.43 Å². The second kappa shape index (κ2) is 4.04. The average molecular weight is 148 g/mol. The van der Waals surface area contributed by atoms with Gasteiger partial charge in [-0.15, -0.1) is 0 Å². The molecule has 60 valence electrons. The topological polar surface area (TPSA) is 102 Å². The molecule has 0 aromatic carbocycles. The van der Waals surface area contributed by atoms with Crippen LogP contribution in [-0.4, -0.2) is 29.7 Å². The second-order valence-corrected chi connectivity index (χ2v) is 1.89. The summed E-state index contributed by atoms with van der Waals surface area (Å²) in [5.74, 6) is 0. The van der Waals surface area contributed by atoms with Gasteiger partial charge in [0.05, 0.1) is 0 Å². The Morgan fingerprint density at radius 1 is 1.70 bits per heavy atom. The second-order valence-electron chi connectivity index (χ2n) is 1.89. The molecule has 0 aromatic heterocycles. The summed E-state index contributed by atoms with van der Waals surface area (Å²) in [5, 5.41) is 1.59. The zero-order valence-corrected chi connectivity index (χ0v) is 5.55. The number of amides is 2. The van der Waals surface area contributed by atoms with Crippen LogP contribution in [0.15, 0.2) is 0 Å². The van der Waals surface area contributed by atoms with Crippen molar-refractivity contribution in [3.05, 3.63) is 0 Å². The number of nitrogens with two attached hydrogens (primary N) is 1. The maximum absolute atomic E-state index is 10.2. The third-order valence-electron chi connectivity index (χ3n) is 1.11. The summed E-state index contributed by atoms with van der Waals surface area (Å²) in [6, 6.07) is -0.524. The van der Waals surface area contributed by atoms with Gasteiger partial charge in [-0.25, -0.2) is 10.2 Å². The minimum Gasteiger partial charge on any atom is -0.412 e. The molecule has 1 saturated heterocycles. The Hall–Kier alpha value is -0.850. The molecule has 1 aliphatic rings. The minimum absolute atomic E-state index is 0. The molecule has 6 N–H and O–H groups in total. The van der Waals surface area contributed by atoms with E-state index < -0.39 is 6.03 Å². The first-order valence-corrected chi connectivity index (χ1v) is 2.86. The maximum atomic E-state index is 10.2. The lowest BCUT2D eigenvalue weighted by atomic mass is 10.5. The number of nitrogens with one attached hydrogen (secondary N) is 2. The van der Waals surface area contributed by atoms with Gasteiger partial charge in [-0.05, 0) is 6.42 Å². The molecule has 1 rings (SSSR count). The minimum atomic E-state index is -0.524. The van der Waals surface area contributed by atoms with Crippen molar-refractivity contribution in [3.63, 3.8) is 0 Å². The summed E-state index contributed by atoms with van der Waals surface area (Å²) < 4.78 is 0. The monoisotopic (exact) mass is 148 g/mol. The van der Waals surface area contributed by atoms with Crippen LogP contribution < -0.4 is 16.6 Å². The molecule has 0 spiro atoms. The Kier molecular flexibility index (Phi) is 3.70. The Labute approximate surface area is 58.6 Å². The van der Waals surface area contributed by atoms with Crippen LogP contribution in [0.4, 0.5) is 4.79 Å². The van der Waals surface area contributed by atoms with E-state index >= 15 is 0 Å². The predicted molar refractivity (Wildman–Crippen MR) is 35.7 cm³/mol. The van der Waals surface area contributed by atoms with Crippen molar-refractivity contribution in [1.29, 1.82) is 0 Å². The number of hydrogen-bond donors (Lipinski definition) is 3. The molecule has 6 nitrogen and oxygen atoms in total. The number of hydrazine groups is 2. The van der Waals surface area contributed by atoms with E-state index in [1.165, 1.54) is 0 Å². The molecule has 1 heterocycles. The van der Waals surface area contributed by atoms with Gasteiger partial charge >= 0.3 is 6.03 Å². The zero-order valence-electron chi connectivity index (χ0n) is 5.55. The lowest BCUT2D eigenvalue weighted by molar-refractivity contribution is 0.168. The van der Waals surface area contributed by atoms with Gasteiger partial charge < -0.3 is 11.2 Å². The highest BCUT2D eigenvalue weighted by molar-refractivity contribution is 5.70. The summed E-state index contributed by atoms with van der Waals surface area (Å²) in [6.07, 6.45) is 1.04. The van der Waals surface area contributed by atoms with Crippen molar-refractivity contribution in [3.8, 4) is 0 Å². The average Bonchev–Trinajstić information content (AvgIpc) is 2.15. The molecule has 1 aliphatic heterocycles. The van der Waals surface area contributed by atoms with Gasteiger partial charge in [-0.1, -0.05) is 0 Å². The van der Waals surface area contributed by atoms with Gasteiger partial charge in [-0.2, -0.15) is 5.12 Å². The number of nitrogens with zero attached hydrogens (tertiary/aromatic N) is 1. The van der Waals surface area contributed by atoms with Crippen LogP contribution in [0.3, 0.4) is 0 Å². The number of hydrogen-bond acceptors (Lipinski definition) is 3. The first-order chi connectivity index (χ1) is 4.29. The van der Waals surface area contributed by atoms with Crippen molar-refractivity contribution < 1.29 is 10.3 Å². The summed E-state index contributed by atoms with van der Waals surface area (Å²) >= 11 is 0. The molecule has 0 radical (unpaired) electrons. The molecule has 6 heteroatoms. The van der Waals surface area contributed by atoms with Crippen LogP contribution in [-0.2, 0) is 0 Å². The normalized spacial score (nSPS) is 18.0. The molecule has 1 fully saturated rings. The highest BCUT2D eigenvalue weighted by Gasteiger charge is 2.10. The van der Waals surface area contributed by atoms with Crippen molar-refractivity contribution >= 4 is 6.03 Å². The van der Waals surface area contributed by atoms with Crippen LogP contribution >= 0.6 is 0 Å². The zero-order chi connectivity index (χ0) is 6.69. The number of urea groups is 1. The van der Waals surface area contributed by atoms with Crippen molar-refractivity contribution in [2.45, 2.75) is 6.42 Å². The molecule has 10 heavy (non-hydrogen) atoms. The molecule has 0 saturated carbocycles. The Bertz CT molecular complexity index is 112. The molecule has 0 aliphatic carbocycles. The summed E-state index contributed by atoms with van der Waals surface area (Å²) in [7, 11) is 0. The fourth-order valence-electron chi connectivity index (χ4n) is 0.759. The van der Waals surface area contributed by atoms with Crippen LogP contribution in [0.1, 0.15) is 6.42 Å². The Morgan fingerprint density at radius 2 is 2.40 bits per heavy atom. The van der Waals surface area contributed by atoms with Gasteiger partial charge in [0.2, 0.25) is 0 Å². The third-order valence-corrected chi connectivity index (χ3v) is 1.11. The number of primary amides is 1. The fourth-order valence-corrected chi connectivity index (χ4v) is 0.759. The third kappa shape index (κ3) is 2.62. The van der Waals surface area contributed by atoms with E-state index in [1.54, 1.807) is 5.12 Å². The van der Waals surface area contributed by atoms with Crippen molar-refractivity contribution in [2.75, 3.05) is 13.1 Å². The maximum Gasteiger partial charge on any atom is 0.327 e. The smallest absolute Gasteiger partial charge is 0.327 e. The lowest BCUT2D eigenvalue weighted by Crippen LogP contribution is -2.48. The SMILES string of the molecule is NC(=O)NN1CCCN1.O. The highest BCUT2D eigenvalue weighted by Crippen LogP contribution is 1.89. The van der Waals surface area contributed by atoms with Crippen molar-refractivity contribution in [2.24, 2.45) is 5.73 Å². The number of rotatable bonds is 1. The van der Waals surface area contributed by atoms with E-state index in [4.69, 9.17) is 5.73 Å². The van der Waals surface area contributed by atoms with Gasteiger partial charge in [0.25, 0.3) is 0 Å². The van der Waals surface area contributed by atoms with E-state index in [9.17, 15) is 4.79 Å². The van der Waals surface area contributed by atoms with Crippen LogP contribution in [0.5, 0.6) is 0 Å². The van der Waals surface area contributed by atoms with Crippen molar-refractivity contribution in [1.82, 2.24) is 16.0 Å². The van der Waals surface area contributed by atoms with Crippen LogP contribution in [0.2, 0.25) is 0 Å². The van der Waals surface area contributed by atoms with Crippen LogP contribution in [0, 0.1) is 0 Å². The lowest BCUT2D eigenvalue weighted by Gasteiger charge is -2.13. The first-order valence-electron chi connectivity index (χ1n) is 2.86. The Balaban J connectivity index is 0.000000810.